The third-order valence-electron chi connectivity index (χ3n) is 7.18. The summed E-state index contributed by atoms with van der Waals surface area (Å²) in [6.07, 6.45) is 5.81. The van der Waals surface area contributed by atoms with Crippen LogP contribution in [-0.2, 0) is 5.54 Å². The highest BCUT2D eigenvalue weighted by atomic mass is 35.5. The second-order valence-corrected chi connectivity index (χ2v) is 12.9. The number of fused-ring (bicyclic) bond motifs is 2. The van der Waals surface area contributed by atoms with Crippen LogP contribution in [0, 0.1) is 16.7 Å². The number of pyridine rings is 1. The molecule has 5 aromatic rings. The zero-order chi connectivity index (χ0) is 27.4. The van der Waals surface area contributed by atoms with E-state index in [1.807, 2.05) is 40.7 Å². The van der Waals surface area contributed by atoms with Gasteiger partial charge in [-0.2, -0.15) is 5.26 Å². The molecule has 10 heteroatoms. The molecule has 1 fully saturated rings. The molecule has 1 saturated carbocycles. The van der Waals surface area contributed by atoms with Gasteiger partial charge in [-0.15, -0.1) is 16.4 Å². The van der Waals surface area contributed by atoms with Crippen molar-refractivity contribution in [2.24, 2.45) is 5.41 Å². The monoisotopic (exact) mass is 556 g/mol. The molecule has 0 aliphatic heterocycles. The Balaban J connectivity index is 1.47. The molecule has 2 aromatic carbocycles. The van der Waals surface area contributed by atoms with Gasteiger partial charge in [-0.25, -0.2) is 9.67 Å². The van der Waals surface area contributed by atoms with E-state index >= 15 is 0 Å². The van der Waals surface area contributed by atoms with E-state index in [1.165, 1.54) is 0 Å². The Morgan fingerprint density at radius 2 is 2.05 bits per heavy atom. The fraction of sp³-hybridized carbons (Fsp3) is 0.345. The lowest BCUT2D eigenvalue weighted by atomic mass is 9.96. The van der Waals surface area contributed by atoms with Crippen molar-refractivity contribution in [2.75, 3.05) is 17.2 Å². The minimum absolute atomic E-state index is 0.0184. The molecule has 8 nitrogen and oxygen atoms in total. The summed E-state index contributed by atoms with van der Waals surface area (Å²) in [6, 6.07) is 12.0. The fourth-order valence-electron chi connectivity index (χ4n) is 4.67. The van der Waals surface area contributed by atoms with Crippen LogP contribution in [0.15, 0.2) is 48.2 Å². The average molecular weight is 557 g/mol. The van der Waals surface area contributed by atoms with Gasteiger partial charge >= 0.3 is 0 Å². The first-order valence-electron chi connectivity index (χ1n) is 12.9. The van der Waals surface area contributed by atoms with Gasteiger partial charge < -0.3 is 10.6 Å². The molecule has 1 atom stereocenters. The van der Waals surface area contributed by atoms with Gasteiger partial charge in [-0.3, -0.25) is 4.98 Å². The minimum Gasteiger partial charge on any atom is -0.383 e. The number of hydrogen-bond donors (Lipinski definition) is 2. The van der Waals surface area contributed by atoms with Crippen molar-refractivity contribution in [1.29, 1.82) is 5.26 Å². The molecular weight excluding hydrogens is 528 g/mol. The Kier molecular flexibility index (Phi) is 6.20. The lowest BCUT2D eigenvalue weighted by Crippen LogP contribution is -2.20. The summed E-state index contributed by atoms with van der Waals surface area (Å²) in [6.45, 7) is 9.33. The van der Waals surface area contributed by atoms with Crippen LogP contribution in [-0.4, -0.2) is 31.5 Å². The van der Waals surface area contributed by atoms with E-state index in [-0.39, 0.29) is 17.0 Å². The Labute approximate surface area is 236 Å². The highest BCUT2D eigenvalue weighted by Crippen LogP contribution is 2.43. The number of hydrogen-bond acceptors (Lipinski definition) is 8. The van der Waals surface area contributed by atoms with E-state index in [9.17, 15) is 5.26 Å². The van der Waals surface area contributed by atoms with E-state index in [0.29, 0.717) is 22.6 Å². The quantitative estimate of drug-likeness (QED) is 0.220. The summed E-state index contributed by atoms with van der Waals surface area (Å²) in [7, 11) is 0. The van der Waals surface area contributed by atoms with Gasteiger partial charge in [0.1, 0.15) is 11.8 Å². The summed E-state index contributed by atoms with van der Waals surface area (Å²) in [4.78, 5) is 9.03. The number of benzene rings is 2. The maximum absolute atomic E-state index is 9.84. The van der Waals surface area contributed by atoms with Gasteiger partial charge in [0.2, 0.25) is 0 Å². The smallest absolute Gasteiger partial charge is 0.110 e. The normalized spacial score (nSPS) is 15.3. The lowest BCUT2D eigenvalue weighted by molar-refractivity contribution is 0.443. The number of aromatic nitrogens is 5. The molecule has 39 heavy (non-hydrogen) atoms. The number of nitriles is 1. The van der Waals surface area contributed by atoms with E-state index < -0.39 is 0 Å². The number of halogens is 1. The van der Waals surface area contributed by atoms with E-state index in [4.69, 9.17) is 11.6 Å². The van der Waals surface area contributed by atoms with Crippen molar-refractivity contribution >= 4 is 55.4 Å². The molecule has 0 spiro atoms. The van der Waals surface area contributed by atoms with Crippen LogP contribution in [0.3, 0.4) is 0 Å². The maximum Gasteiger partial charge on any atom is 0.110 e. The first-order valence-corrected chi connectivity index (χ1v) is 14.2. The van der Waals surface area contributed by atoms with Gasteiger partial charge in [0.25, 0.3) is 0 Å². The molecule has 1 aliphatic rings. The molecule has 0 amide bonds. The van der Waals surface area contributed by atoms with Crippen molar-refractivity contribution in [2.45, 2.75) is 52.1 Å². The van der Waals surface area contributed by atoms with E-state index in [1.54, 1.807) is 17.5 Å². The summed E-state index contributed by atoms with van der Waals surface area (Å²) in [5.41, 5.74) is 7.39. The van der Waals surface area contributed by atoms with Crippen molar-refractivity contribution in [1.82, 2.24) is 25.0 Å². The van der Waals surface area contributed by atoms with Gasteiger partial charge in [-0.05, 0) is 48.9 Å². The SMILES string of the molecule is CC(C)(C)CNc1c(C#N)cnc2c(Cl)cc(N[C@H](c3cn(C4(C)CC4)nn3)c3cccc4ncsc34)cc12. The van der Waals surface area contributed by atoms with Crippen LogP contribution in [0.2, 0.25) is 5.02 Å². The standard InChI is InChI=1S/C29H29ClN8S/c1-28(2,3)15-33-24-17(12-31)13-32-25-20(24)10-18(11-21(25)30)35-26(19-6-5-7-22-27(19)39-16-34-22)23-14-38(37-36-23)29(4)8-9-29/h5-7,10-11,13-14,16,26,35H,8-9,15H2,1-4H3,(H,32,33)/t26-/m0/s1. The molecule has 198 valence electrons. The second kappa shape index (κ2) is 9.47. The third-order valence-corrected chi connectivity index (χ3v) is 8.36. The molecule has 0 radical (unpaired) electrons. The van der Waals surface area contributed by atoms with Crippen molar-refractivity contribution < 1.29 is 0 Å². The molecule has 6 rings (SSSR count). The summed E-state index contributed by atoms with van der Waals surface area (Å²) >= 11 is 8.40. The highest BCUT2D eigenvalue weighted by molar-refractivity contribution is 7.17. The Hall–Kier alpha value is -3.74. The van der Waals surface area contributed by atoms with Crippen LogP contribution < -0.4 is 10.6 Å². The second-order valence-electron chi connectivity index (χ2n) is 11.6. The van der Waals surface area contributed by atoms with Crippen LogP contribution in [0.4, 0.5) is 11.4 Å². The molecule has 0 bridgehead atoms. The zero-order valence-corrected chi connectivity index (χ0v) is 23.9. The largest absolute Gasteiger partial charge is 0.383 e. The Morgan fingerprint density at radius 3 is 2.79 bits per heavy atom. The molecular formula is C29H29ClN8S. The third kappa shape index (κ3) is 4.90. The number of nitrogens with zero attached hydrogens (tertiary/aromatic N) is 6. The van der Waals surface area contributed by atoms with Crippen molar-refractivity contribution in [3.8, 4) is 6.07 Å². The van der Waals surface area contributed by atoms with Crippen molar-refractivity contribution in [3.05, 3.63) is 70.1 Å². The van der Waals surface area contributed by atoms with Gasteiger partial charge in [0.05, 0.1) is 55.3 Å². The number of thiazole rings is 1. The highest BCUT2D eigenvalue weighted by Gasteiger charge is 2.41. The Morgan fingerprint density at radius 1 is 1.23 bits per heavy atom. The van der Waals surface area contributed by atoms with Crippen LogP contribution in [0.1, 0.15) is 63.4 Å². The molecule has 0 saturated heterocycles. The molecule has 1 aliphatic carbocycles. The van der Waals surface area contributed by atoms with Crippen LogP contribution in [0.25, 0.3) is 21.1 Å². The summed E-state index contributed by atoms with van der Waals surface area (Å²) in [5, 5.41) is 27.4. The first kappa shape index (κ1) is 25.5. The predicted molar refractivity (Wildman–Crippen MR) is 157 cm³/mol. The number of rotatable bonds is 7. The average Bonchev–Trinajstić information content (AvgIpc) is 3.29. The summed E-state index contributed by atoms with van der Waals surface area (Å²) < 4.78 is 3.07. The molecule has 2 N–H and O–H groups in total. The van der Waals surface area contributed by atoms with Gasteiger partial charge in [0, 0.05) is 23.8 Å². The first-order chi connectivity index (χ1) is 18.6. The minimum atomic E-state index is -0.295. The fourth-order valence-corrected chi connectivity index (χ4v) is 5.77. The molecule has 3 aromatic heterocycles. The van der Waals surface area contributed by atoms with Gasteiger partial charge in [-0.1, -0.05) is 49.7 Å². The van der Waals surface area contributed by atoms with Crippen LogP contribution in [0.5, 0.6) is 0 Å². The molecule has 3 heterocycles. The Bertz CT molecular complexity index is 1740. The van der Waals surface area contributed by atoms with Crippen molar-refractivity contribution in [3.63, 3.8) is 0 Å². The zero-order valence-electron chi connectivity index (χ0n) is 22.3. The maximum atomic E-state index is 9.84. The molecule has 0 unspecified atom stereocenters. The lowest BCUT2D eigenvalue weighted by Gasteiger charge is -2.22. The topological polar surface area (TPSA) is 104 Å². The predicted octanol–water partition coefficient (Wildman–Crippen LogP) is 7.13. The van der Waals surface area contributed by atoms with Crippen LogP contribution >= 0.6 is 22.9 Å². The number of anilines is 2. The van der Waals surface area contributed by atoms with Gasteiger partial charge in [0.15, 0.2) is 0 Å². The summed E-state index contributed by atoms with van der Waals surface area (Å²) in [5.74, 6) is 0. The van der Waals surface area contributed by atoms with E-state index in [2.05, 4.69) is 70.7 Å². The number of nitrogens with one attached hydrogen (secondary N) is 2. The van der Waals surface area contributed by atoms with E-state index in [0.717, 1.165) is 51.1 Å².